The van der Waals surface area contributed by atoms with Crippen LogP contribution in [0.1, 0.15) is 5.82 Å². The monoisotopic (exact) mass is 503 g/mol. The number of fused-ring (bicyclic) bond motifs is 1. The van der Waals surface area contributed by atoms with Crippen molar-refractivity contribution in [2.24, 2.45) is 0 Å². The molecule has 4 rings (SSSR count). The number of aryl methyl sites for hydroxylation is 1. The second-order valence-corrected chi connectivity index (χ2v) is 9.66. The van der Waals surface area contributed by atoms with E-state index < -0.39 is 6.10 Å². The van der Waals surface area contributed by atoms with Gasteiger partial charge in [0.1, 0.15) is 5.82 Å². The quantitative estimate of drug-likeness (QED) is 0.369. The van der Waals surface area contributed by atoms with E-state index in [1.165, 1.54) is 27.7 Å². The number of halogens is 1. The first-order valence-electron chi connectivity index (χ1n) is 9.14. The Kier molecular flexibility index (Phi) is 6.47. The summed E-state index contributed by atoms with van der Waals surface area (Å²) in [4.78, 5) is 17.5. The maximum Gasteiger partial charge on any atom is 0.267 e. The van der Waals surface area contributed by atoms with Crippen molar-refractivity contribution < 1.29 is 5.11 Å². The van der Waals surface area contributed by atoms with Gasteiger partial charge in [0.2, 0.25) is 5.13 Å². The third-order valence-electron chi connectivity index (χ3n) is 4.30. The highest BCUT2D eigenvalue weighted by Crippen LogP contribution is 2.26. The molecule has 0 aliphatic carbocycles. The van der Waals surface area contributed by atoms with Gasteiger partial charge in [0.15, 0.2) is 4.34 Å². The maximum atomic E-state index is 13.0. The highest BCUT2D eigenvalue weighted by molar-refractivity contribution is 9.10. The molecule has 0 saturated heterocycles. The van der Waals surface area contributed by atoms with E-state index in [4.69, 9.17) is 0 Å². The number of anilines is 1. The van der Waals surface area contributed by atoms with Gasteiger partial charge in [-0.2, -0.15) is 0 Å². The molecule has 0 spiro atoms. The summed E-state index contributed by atoms with van der Waals surface area (Å²) in [5, 5.41) is 22.7. The lowest BCUT2D eigenvalue weighted by molar-refractivity contribution is 0.213. The topological polar surface area (TPSA) is 92.9 Å². The highest BCUT2D eigenvalue weighted by atomic mass is 79.9. The van der Waals surface area contributed by atoms with Gasteiger partial charge < -0.3 is 10.4 Å². The Hall–Kier alpha value is -2.27. The number of aliphatic hydroxyl groups is 1. The fraction of sp³-hybridized carbons (Fsp3) is 0.200. The molecule has 0 saturated carbocycles. The molecule has 0 radical (unpaired) electrons. The second-order valence-electron chi connectivity index (χ2n) is 6.52. The summed E-state index contributed by atoms with van der Waals surface area (Å²) in [6, 6.07) is 15.2. The number of benzene rings is 2. The van der Waals surface area contributed by atoms with Crippen LogP contribution in [0.15, 0.2) is 62.1 Å². The summed E-state index contributed by atoms with van der Waals surface area (Å²) < 4.78 is 2.98. The Bertz CT molecular complexity index is 1230. The Morgan fingerprint density at radius 1 is 1.23 bits per heavy atom. The Balaban J connectivity index is 1.46. The highest BCUT2D eigenvalue weighted by Gasteiger charge is 2.15. The molecule has 2 N–H and O–H groups in total. The van der Waals surface area contributed by atoms with E-state index in [9.17, 15) is 9.90 Å². The molecule has 154 valence electrons. The predicted octanol–water partition coefficient (Wildman–Crippen LogP) is 3.87. The van der Waals surface area contributed by atoms with E-state index in [1.54, 1.807) is 13.0 Å². The number of hydrogen-bond donors (Lipinski definition) is 2. The molecule has 0 aliphatic heterocycles. The lowest BCUT2D eigenvalue weighted by Crippen LogP contribution is -2.22. The van der Waals surface area contributed by atoms with Crippen molar-refractivity contribution in [3.8, 4) is 5.13 Å². The lowest BCUT2D eigenvalue weighted by atomic mass is 10.2. The zero-order valence-electron chi connectivity index (χ0n) is 15.9. The summed E-state index contributed by atoms with van der Waals surface area (Å²) >= 11 is 6.11. The van der Waals surface area contributed by atoms with Crippen LogP contribution < -0.4 is 10.9 Å². The van der Waals surface area contributed by atoms with Crippen LogP contribution in [0.5, 0.6) is 0 Å². The Morgan fingerprint density at radius 2 is 2.03 bits per heavy atom. The summed E-state index contributed by atoms with van der Waals surface area (Å²) in [6.07, 6.45) is -0.549. The van der Waals surface area contributed by atoms with Gasteiger partial charge >= 0.3 is 0 Å². The van der Waals surface area contributed by atoms with Crippen molar-refractivity contribution in [3.63, 3.8) is 0 Å². The van der Waals surface area contributed by atoms with E-state index in [-0.39, 0.29) is 5.56 Å². The molecule has 0 bridgehead atoms. The summed E-state index contributed by atoms with van der Waals surface area (Å²) in [7, 11) is 0. The molecule has 30 heavy (non-hydrogen) atoms. The van der Waals surface area contributed by atoms with Gasteiger partial charge in [0.25, 0.3) is 5.56 Å². The van der Waals surface area contributed by atoms with Gasteiger partial charge in [-0.25, -0.2) is 9.55 Å². The van der Waals surface area contributed by atoms with Gasteiger partial charge in [-0.3, -0.25) is 4.79 Å². The number of aliphatic hydroxyl groups excluding tert-OH is 1. The summed E-state index contributed by atoms with van der Waals surface area (Å²) in [5.41, 5.74) is 1.42. The third-order valence-corrected chi connectivity index (χ3v) is 6.98. The average molecular weight is 504 g/mol. The molecule has 0 aliphatic rings. The number of aromatic nitrogens is 4. The number of hydrogen-bond acceptors (Lipinski definition) is 8. The lowest BCUT2D eigenvalue weighted by Gasteiger charge is -2.11. The van der Waals surface area contributed by atoms with E-state index in [1.807, 2.05) is 42.5 Å². The van der Waals surface area contributed by atoms with Crippen LogP contribution in [0.2, 0.25) is 0 Å². The first-order valence-corrected chi connectivity index (χ1v) is 11.7. The smallest absolute Gasteiger partial charge is 0.267 e. The number of nitrogens with zero attached hydrogens (tertiary/aromatic N) is 4. The van der Waals surface area contributed by atoms with Crippen molar-refractivity contribution in [2.75, 3.05) is 17.6 Å². The minimum absolute atomic E-state index is 0.182. The molecule has 0 amide bonds. The SMILES string of the molecule is Cc1nc2ccc(Br)cc2c(=O)n1-c1nnc(SCC(O)CNc2ccccc2)s1. The van der Waals surface area contributed by atoms with E-state index >= 15 is 0 Å². The fourth-order valence-corrected chi connectivity index (χ4v) is 5.07. The second kappa shape index (κ2) is 9.25. The van der Waals surface area contributed by atoms with E-state index in [2.05, 4.69) is 36.4 Å². The first-order chi connectivity index (χ1) is 14.5. The standard InChI is InChI=1S/C20H18BrN5O2S2/c1-12-23-17-8-7-13(21)9-16(17)18(28)26(12)19-24-25-20(30-19)29-11-15(27)10-22-14-5-3-2-4-6-14/h2-9,15,22,27H,10-11H2,1H3. The van der Waals surface area contributed by atoms with Crippen LogP contribution >= 0.6 is 39.0 Å². The average Bonchev–Trinajstić information content (AvgIpc) is 3.21. The molecule has 2 aromatic carbocycles. The number of rotatable bonds is 7. The molecule has 1 unspecified atom stereocenters. The molecule has 4 aromatic rings. The minimum Gasteiger partial charge on any atom is -0.390 e. The number of nitrogens with one attached hydrogen (secondary N) is 1. The molecular weight excluding hydrogens is 486 g/mol. The molecule has 0 fully saturated rings. The van der Waals surface area contributed by atoms with Crippen LogP contribution in [0.4, 0.5) is 5.69 Å². The van der Waals surface area contributed by atoms with Crippen LogP contribution in [-0.2, 0) is 0 Å². The molecular formula is C20H18BrN5O2S2. The van der Waals surface area contributed by atoms with E-state index in [0.29, 0.717) is 38.5 Å². The van der Waals surface area contributed by atoms with Gasteiger partial charge in [-0.1, -0.05) is 57.2 Å². The zero-order valence-corrected chi connectivity index (χ0v) is 19.2. The van der Waals surface area contributed by atoms with Crippen LogP contribution in [0, 0.1) is 6.92 Å². The normalized spacial score (nSPS) is 12.2. The first kappa shape index (κ1) is 21.0. The molecule has 2 aromatic heterocycles. The van der Waals surface area contributed by atoms with Gasteiger partial charge in [0.05, 0.1) is 17.0 Å². The zero-order chi connectivity index (χ0) is 21.1. The molecule has 7 nitrogen and oxygen atoms in total. The molecule has 2 heterocycles. The Labute approximate surface area is 189 Å². The summed E-state index contributed by atoms with van der Waals surface area (Å²) in [6.45, 7) is 2.21. The molecule has 1 atom stereocenters. The van der Waals surface area contributed by atoms with Crippen molar-refractivity contribution in [1.82, 2.24) is 19.7 Å². The largest absolute Gasteiger partial charge is 0.390 e. The minimum atomic E-state index is -0.549. The van der Waals surface area contributed by atoms with E-state index in [0.717, 1.165) is 10.2 Å². The van der Waals surface area contributed by atoms with Gasteiger partial charge in [-0.15, -0.1) is 10.2 Å². The van der Waals surface area contributed by atoms with Crippen LogP contribution in [-0.4, -0.2) is 43.3 Å². The number of para-hydroxylation sites is 1. The fourth-order valence-electron chi connectivity index (χ4n) is 2.86. The van der Waals surface area contributed by atoms with Crippen molar-refractivity contribution in [2.45, 2.75) is 17.4 Å². The predicted molar refractivity (Wildman–Crippen MR) is 125 cm³/mol. The maximum absolute atomic E-state index is 13.0. The van der Waals surface area contributed by atoms with Gasteiger partial charge in [0, 0.05) is 22.5 Å². The summed E-state index contributed by atoms with van der Waals surface area (Å²) in [5.74, 6) is 1.01. The van der Waals surface area contributed by atoms with Crippen molar-refractivity contribution in [3.05, 3.63) is 69.2 Å². The van der Waals surface area contributed by atoms with Gasteiger partial charge in [-0.05, 0) is 37.3 Å². The van der Waals surface area contributed by atoms with Crippen molar-refractivity contribution in [1.29, 1.82) is 0 Å². The Morgan fingerprint density at radius 3 is 2.83 bits per heavy atom. The van der Waals surface area contributed by atoms with Crippen molar-refractivity contribution >= 4 is 55.6 Å². The third kappa shape index (κ3) is 4.72. The van der Waals surface area contributed by atoms with Crippen LogP contribution in [0.25, 0.3) is 16.0 Å². The molecule has 10 heteroatoms. The van der Waals surface area contributed by atoms with Crippen LogP contribution in [0.3, 0.4) is 0 Å². The number of thioether (sulfide) groups is 1.